The fraction of sp³-hybridized carbons (Fsp3) is 0.227. The van der Waals surface area contributed by atoms with Crippen LogP contribution in [0.2, 0.25) is 10.0 Å². The standard InChI is InChI=1S/C22H21AsCl2N4O/c1-27-22(30)20-21(26)28-11-19(29-20)13-4-2-3-12(7-13)10-23-17-6-5-15-16(17)8-14(24)9-18(15)25/h2-4,7-9,11,17,23H,5-6,10H2,1H3,(H2,26,28)(H,27,30). The summed E-state index contributed by atoms with van der Waals surface area (Å²) < 4.78 is 0.580. The van der Waals surface area contributed by atoms with Crippen LogP contribution in [0.3, 0.4) is 0 Å². The van der Waals surface area contributed by atoms with Crippen molar-refractivity contribution in [3.63, 3.8) is 0 Å². The molecule has 3 aromatic rings. The monoisotopic (exact) mass is 502 g/mol. The molecule has 5 nitrogen and oxygen atoms in total. The number of nitrogens with zero attached hydrogens (tertiary/aromatic N) is 2. The van der Waals surface area contributed by atoms with Crippen molar-refractivity contribution in [2.24, 2.45) is 0 Å². The molecule has 2 atom stereocenters. The third-order valence-corrected chi connectivity index (χ3v) is 9.40. The van der Waals surface area contributed by atoms with Crippen LogP contribution in [-0.4, -0.2) is 38.7 Å². The van der Waals surface area contributed by atoms with E-state index in [2.05, 4.69) is 33.5 Å². The van der Waals surface area contributed by atoms with E-state index in [1.807, 2.05) is 18.2 Å². The summed E-state index contributed by atoms with van der Waals surface area (Å²) in [6.45, 7) is 0. The fourth-order valence-electron chi connectivity index (χ4n) is 3.76. The molecule has 1 amide bonds. The minimum absolute atomic E-state index is 0.123. The van der Waals surface area contributed by atoms with Gasteiger partial charge in [-0.1, -0.05) is 0 Å². The summed E-state index contributed by atoms with van der Waals surface area (Å²) in [7, 11) is 1.54. The second kappa shape index (κ2) is 8.97. The number of carbonyl (C=O) groups is 1. The van der Waals surface area contributed by atoms with Gasteiger partial charge in [0.25, 0.3) is 0 Å². The topological polar surface area (TPSA) is 80.9 Å². The fourth-order valence-corrected chi connectivity index (χ4v) is 7.57. The van der Waals surface area contributed by atoms with Crippen LogP contribution in [0, 0.1) is 0 Å². The normalized spacial score (nSPS) is 15.5. The van der Waals surface area contributed by atoms with E-state index >= 15 is 0 Å². The summed E-state index contributed by atoms with van der Waals surface area (Å²) in [5.74, 6) is -0.222. The number of rotatable bonds is 5. The van der Waals surface area contributed by atoms with E-state index in [9.17, 15) is 4.79 Å². The van der Waals surface area contributed by atoms with Crippen LogP contribution in [0.25, 0.3) is 11.3 Å². The molecule has 154 valence electrons. The number of aromatic nitrogens is 2. The first-order chi connectivity index (χ1) is 14.5. The van der Waals surface area contributed by atoms with Crippen molar-refractivity contribution in [1.29, 1.82) is 0 Å². The van der Waals surface area contributed by atoms with E-state index in [0.29, 0.717) is 15.4 Å². The molecule has 3 N–H and O–H groups in total. The minimum atomic E-state index is -0.345. The Balaban J connectivity index is 1.53. The Morgan fingerprint density at radius 3 is 2.93 bits per heavy atom. The van der Waals surface area contributed by atoms with Gasteiger partial charge in [0.2, 0.25) is 0 Å². The Kier molecular flexibility index (Phi) is 6.33. The molecule has 4 rings (SSSR count). The number of fused-ring (bicyclic) bond motifs is 1. The van der Waals surface area contributed by atoms with Crippen molar-refractivity contribution >= 4 is 50.7 Å². The number of carbonyl (C=O) groups excluding carboxylic acids is 1. The summed E-state index contributed by atoms with van der Waals surface area (Å²) >= 11 is 12.3. The molecule has 0 fully saturated rings. The van der Waals surface area contributed by atoms with Gasteiger partial charge in [-0.3, -0.25) is 0 Å². The van der Waals surface area contributed by atoms with Crippen LogP contribution in [-0.2, 0) is 11.6 Å². The average molecular weight is 503 g/mol. The van der Waals surface area contributed by atoms with Gasteiger partial charge in [-0.05, 0) is 0 Å². The number of nitrogen functional groups attached to an aromatic ring is 1. The number of nitrogens with one attached hydrogen (secondary N) is 1. The van der Waals surface area contributed by atoms with Crippen molar-refractivity contribution in [1.82, 2.24) is 15.3 Å². The van der Waals surface area contributed by atoms with Crippen molar-refractivity contribution in [3.05, 3.63) is 75.0 Å². The molecule has 1 aliphatic carbocycles. The van der Waals surface area contributed by atoms with Gasteiger partial charge in [-0.15, -0.1) is 0 Å². The summed E-state index contributed by atoms with van der Waals surface area (Å²) in [5.41, 5.74) is 11.4. The van der Waals surface area contributed by atoms with Crippen LogP contribution in [0.5, 0.6) is 0 Å². The number of hydrogen-bond acceptors (Lipinski definition) is 4. The maximum atomic E-state index is 12.0. The van der Waals surface area contributed by atoms with Crippen LogP contribution in [0.15, 0.2) is 42.6 Å². The SMILES string of the molecule is CNC(=O)c1nc(-c2cccc(C[AsH]C3CCc4c(Cl)cc(Cl)cc43)c2)cnc1N. The molecule has 0 spiro atoms. The van der Waals surface area contributed by atoms with E-state index in [4.69, 9.17) is 28.9 Å². The molecule has 2 unspecified atom stereocenters. The van der Waals surface area contributed by atoms with Crippen molar-refractivity contribution < 1.29 is 4.79 Å². The van der Waals surface area contributed by atoms with Crippen LogP contribution in [0.1, 0.15) is 38.3 Å². The van der Waals surface area contributed by atoms with Crippen LogP contribution < -0.4 is 11.1 Å². The molecule has 1 aliphatic rings. The Morgan fingerprint density at radius 2 is 2.13 bits per heavy atom. The number of anilines is 1. The Labute approximate surface area is 192 Å². The van der Waals surface area contributed by atoms with E-state index < -0.39 is 0 Å². The predicted molar refractivity (Wildman–Crippen MR) is 124 cm³/mol. The molecule has 0 aliphatic heterocycles. The molecule has 1 heterocycles. The number of halogens is 2. The third-order valence-electron chi connectivity index (χ3n) is 5.27. The van der Waals surface area contributed by atoms with Gasteiger partial charge >= 0.3 is 193 Å². The molecule has 8 heteroatoms. The predicted octanol–water partition coefficient (Wildman–Crippen LogP) is 4.02. The molecule has 0 bridgehead atoms. The van der Waals surface area contributed by atoms with Gasteiger partial charge in [-0.25, -0.2) is 0 Å². The number of amides is 1. The van der Waals surface area contributed by atoms with Gasteiger partial charge in [-0.2, -0.15) is 0 Å². The Bertz CT molecular complexity index is 1120. The third kappa shape index (κ3) is 4.34. The zero-order chi connectivity index (χ0) is 21.3. The van der Waals surface area contributed by atoms with E-state index in [1.54, 1.807) is 13.2 Å². The molecule has 30 heavy (non-hydrogen) atoms. The molecule has 0 radical (unpaired) electrons. The second-order valence-corrected chi connectivity index (χ2v) is 11.1. The Hall–Kier alpha value is -2.07. The zero-order valence-electron chi connectivity index (χ0n) is 16.4. The first kappa shape index (κ1) is 21.2. The van der Waals surface area contributed by atoms with E-state index in [0.717, 1.165) is 28.6 Å². The number of nitrogens with two attached hydrogens (primary N) is 1. The van der Waals surface area contributed by atoms with Gasteiger partial charge in [0.05, 0.1) is 0 Å². The van der Waals surface area contributed by atoms with Crippen molar-refractivity contribution in [2.75, 3.05) is 12.8 Å². The molecular formula is C22H21AsCl2N4O. The van der Waals surface area contributed by atoms with Crippen LogP contribution >= 0.6 is 23.2 Å². The first-order valence-electron chi connectivity index (χ1n) is 9.61. The first-order valence-corrected chi connectivity index (χ1v) is 13.1. The second-order valence-electron chi connectivity index (χ2n) is 7.20. The van der Waals surface area contributed by atoms with E-state index in [-0.39, 0.29) is 33.2 Å². The number of hydrogen-bond donors (Lipinski definition) is 2. The summed E-state index contributed by atoms with van der Waals surface area (Å²) in [4.78, 5) is 20.5. The molecule has 1 aromatic heterocycles. The zero-order valence-corrected chi connectivity index (χ0v) is 20.0. The van der Waals surface area contributed by atoms with Crippen molar-refractivity contribution in [2.45, 2.75) is 22.8 Å². The van der Waals surface area contributed by atoms with Gasteiger partial charge in [0, 0.05) is 0 Å². The molecule has 0 saturated carbocycles. The summed E-state index contributed by atoms with van der Waals surface area (Å²) in [5, 5.41) is 5.10. The van der Waals surface area contributed by atoms with Crippen molar-refractivity contribution in [3.8, 4) is 11.3 Å². The summed E-state index contributed by atoms with van der Waals surface area (Å²) in [6, 6.07) is 12.2. The number of benzene rings is 2. The molecular weight excluding hydrogens is 482 g/mol. The maximum absolute atomic E-state index is 12.0. The van der Waals surface area contributed by atoms with E-state index in [1.165, 1.54) is 16.7 Å². The summed E-state index contributed by atoms with van der Waals surface area (Å²) in [6.07, 6.45) is 3.78. The Morgan fingerprint density at radius 1 is 1.30 bits per heavy atom. The van der Waals surface area contributed by atoms with Gasteiger partial charge < -0.3 is 0 Å². The van der Waals surface area contributed by atoms with Crippen LogP contribution in [0.4, 0.5) is 5.82 Å². The average Bonchev–Trinajstić information content (AvgIpc) is 3.15. The molecule has 2 aromatic carbocycles. The molecule has 0 saturated heterocycles. The van der Waals surface area contributed by atoms with Gasteiger partial charge in [0.1, 0.15) is 0 Å². The quantitative estimate of drug-likeness (QED) is 0.516. The van der Waals surface area contributed by atoms with Gasteiger partial charge in [0.15, 0.2) is 0 Å².